The van der Waals surface area contributed by atoms with E-state index in [0.29, 0.717) is 13.2 Å². The van der Waals surface area contributed by atoms with Gasteiger partial charge >= 0.3 is 0 Å². The molecule has 2 heterocycles. The number of benzene rings is 1. The van der Waals surface area contributed by atoms with Crippen molar-refractivity contribution in [2.24, 2.45) is 0 Å². The molecule has 0 bridgehead atoms. The summed E-state index contributed by atoms with van der Waals surface area (Å²) in [6, 6.07) is 9.89. The van der Waals surface area contributed by atoms with E-state index in [4.69, 9.17) is 9.47 Å². The molecule has 0 amide bonds. The van der Waals surface area contributed by atoms with Crippen LogP contribution in [-0.2, 0) is 11.3 Å². The summed E-state index contributed by atoms with van der Waals surface area (Å²) in [6.45, 7) is 7.25. The highest BCUT2D eigenvalue weighted by Crippen LogP contribution is 2.19. The van der Waals surface area contributed by atoms with E-state index in [1.165, 1.54) is 5.56 Å². The average Bonchev–Trinajstić information content (AvgIpc) is 2.77. The monoisotopic (exact) mass is 342 g/mol. The molecule has 1 N–H and O–H groups in total. The molecule has 1 aromatic carbocycles. The molecule has 1 fully saturated rings. The average molecular weight is 342 g/mol. The SMILES string of the molecule is Cc1cccc(OCC2(O)COCCN(Cc3ccncc3C)C2)c1. The molecule has 5 heteroatoms. The summed E-state index contributed by atoms with van der Waals surface area (Å²) in [4.78, 5) is 6.36. The fraction of sp³-hybridized carbons (Fsp3) is 0.450. The second-order valence-corrected chi connectivity index (χ2v) is 6.89. The zero-order chi connectivity index (χ0) is 17.7. The van der Waals surface area contributed by atoms with Gasteiger partial charge in [-0.2, -0.15) is 0 Å². The molecule has 0 radical (unpaired) electrons. The van der Waals surface area contributed by atoms with E-state index in [-0.39, 0.29) is 13.2 Å². The van der Waals surface area contributed by atoms with Gasteiger partial charge in [-0.1, -0.05) is 12.1 Å². The first-order valence-electron chi connectivity index (χ1n) is 8.66. The van der Waals surface area contributed by atoms with Crippen molar-refractivity contribution in [3.8, 4) is 5.75 Å². The number of aryl methyl sites for hydroxylation is 2. The number of nitrogens with zero attached hydrogens (tertiary/aromatic N) is 2. The Morgan fingerprint density at radius 2 is 2.20 bits per heavy atom. The summed E-state index contributed by atoms with van der Waals surface area (Å²) >= 11 is 0. The van der Waals surface area contributed by atoms with Gasteiger partial charge in [-0.05, 0) is 48.7 Å². The standard InChI is InChI=1S/C20H26N2O3/c1-16-4-3-5-19(10-16)25-15-20(23)13-22(8-9-24-14-20)12-18-6-7-21-11-17(18)2/h3-7,10-11,23H,8-9,12-15H2,1-2H3. The van der Waals surface area contributed by atoms with Gasteiger partial charge in [0.1, 0.15) is 18.0 Å². The molecule has 134 valence electrons. The minimum atomic E-state index is -1.03. The molecule has 0 spiro atoms. The highest BCUT2D eigenvalue weighted by atomic mass is 16.5. The van der Waals surface area contributed by atoms with Crippen molar-refractivity contribution in [1.29, 1.82) is 0 Å². The Bertz CT molecular complexity index is 707. The van der Waals surface area contributed by atoms with Crippen LogP contribution < -0.4 is 4.74 Å². The third-order valence-corrected chi connectivity index (χ3v) is 4.47. The van der Waals surface area contributed by atoms with E-state index in [2.05, 4.69) is 16.8 Å². The van der Waals surface area contributed by atoms with E-state index in [0.717, 1.165) is 30.0 Å². The lowest BCUT2D eigenvalue weighted by Crippen LogP contribution is -2.48. The van der Waals surface area contributed by atoms with Crippen LogP contribution in [0.1, 0.15) is 16.7 Å². The van der Waals surface area contributed by atoms with Crippen molar-refractivity contribution >= 4 is 0 Å². The van der Waals surface area contributed by atoms with Crippen molar-refractivity contribution in [1.82, 2.24) is 9.88 Å². The summed E-state index contributed by atoms with van der Waals surface area (Å²) in [7, 11) is 0. The predicted octanol–water partition coefficient (Wildman–Crippen LogP) is 2.34. The van der Waals surface area contributed by atoms with Gasteiger partial charge in [0.15, 0.2) is 0 Å². The summed E-state index contributed by atoms with van der Waals surface area (Å²) in [5.41, 5.74) is 2.49. The topological polar surface area (TPSA) is 54.8 Å². The second kappa shape index (κ2) is 7.95. The lowest BCUT2D eigenvalue weighted by molar-refractivity contribution is -0.0646. The van der Waals surface area contributed by atoms with Gasteiger partial charge in [0.2, 0.25) is 0 Å². The van der Waals surface area contributed by atoms with Gasteiger partial charge in [-0.3, -0.25) is 9.88 Å². The number of hydrogen-bond acceptors (Lipinski definition) is 5. The normalized spacial score (nSPS) is 21.7. The zero-order valence-electron chi connectivity index (χ0n) is 14.9. The van der Waals surface area contributed by atoms with Crippen LogP contribution in [0.15, 0.2) is 42.7 Å². The molecule has 1 aliphatic heterocycles. The third kappa shape index (κ3) is 5.01. The van der Waals surface area contributed by atoms with Crippen LogP contribution in [0.3, 0.4) is 0 Å². The van der Waals surface area contributed by atoms with Crippen molar-refractivity contribution in [3.63, 3.8) is 0 Å². The number of pyridine rings is 1. The van der Waals surface area contributed by atoms with E-state index >= 15 is 0 Å². The summed E-state index contributed by atoms with van der Waals surface area (Å²) in [6.07, 6.45) is 3.68. The Labute approximate surface area is 149 Å². The minimum Gasteiger partial charge on any atom is -0.490 e. The molecule has 1 unspecified atom stereocenters. The van der Waals surface area contributed by atoms with Gasteiger partial charge in [-0.15, -0.1) is 0 Å². The van der Waals surface area contributed by atoms with E-state index in [9.17, 15) is 5.11 Å². The van der Waals surface area contributed by atoms with Crippen molar-refractivity contribution in [3.05, 3.63) is 59.4 Å². The largest absolute Gasteiger partial charge is 0.490 e. The molecule has 3 rings (SSSR count). The molecule has 0 aliphatic carbocycles. The van der Waals surface area contributed by atoms with Gasteiger partial charge in [0.25, 0.3) is 0 Å². The van der Waals surface area contributed by atoms with Crippen LogP contribution in [0.5, 0.6) is 5.75 Å². The van der Waals surface area contributed by atoms with Crippen molar-refractivity contribution in [2.75, 3.05) is 32.9 Å². The number of rotatable bonds is 5. The quantitative estimate of drug-likeness (QED) is 0.904. The van der Waals surface area contributed by atoms with Crippen LogP contribution in [0.25, 0.3) is 0 Å². The van der Waals surface area contributed by atoms with Gasteiger partial charge < -0.3 is 14.6 Å². The maximum Gasteiger partial charge on any atom is 0.134 e. The lowest BCUT2D eigenvalue weighted by Gasteiger charge is -2.30. The maximum absolute atomic E-state index is 11.0. The Kier molecular flexibility index (Phi) is 5.68. The Hall–Kier alpha value is -1.95. The van der Waals surface area contributed by atoms with Gasteiger partial charge in [0, 0.05) is 32.0 Å². The Balaban J connectivity index is 1.64. The van der Waals surface area contributed by atoms with Gasteiger partial charge in [0.05, 0.1) is 13.2 Å². The molecule has 0 saturated carbocycles. The molecule has 1 aromatic heterocycles. The zero-order valence-corrected chi connectivity index (χ0v) is 14.9. The highest BCUT2D eigenvalue weighted by Gasteiger charge is 2.33. The molecule has 2 aromatic rings. The van der Waals surface area contributed by atoms with Crippen molar-refractivity contribution < 1.29 is 14.6 Å². The smallest absolute Gasteiger partial charge is 0.134 e. The number of hydrogen-bond donors (Lipinski definition) is 1. The number of aliphatic hydroxyl groups is 1. The van der Waals surface area contributed by atoms with Crippen molar-refractivity contribution in [2.45, 2.75) is 26.0 Å². The molecule has 25 heavy (non-hydrogen) atoms. The van der Waals surface area contributed by atoms with E-state index < -0.39 is 5.60 Å². The first-order valence-corrected chi connectivity index (χ1v) is 8.66. The summed E-state index contributed by atoms with van der Waals surface area (Å²) in [5.74, 6) is 0.772. The maximum atomic E-state index is 11.0. The molecule has 1 saturated heterocycles. The van der Waals surface area contributed by atoms with Crippen LogP contribution in [0.4, 0.5) is 0 Å². The van der Waals surface area contributed by atoms with E-state index in [1.54, 1.807) is 0 Å². The third-order valence-electron chi connectivity index (χ3n) is 4.47. The molecule has 1 atom stereocenters. The molecule has 1 aliphatic rings. The highest BCUT2D eigenvalue weighted by molar-refractivity contribution is 5.27. The Morgan fingerprint density at radius 1 is 1.32 bits per heavy atom. The number of aromatic nitrogens is 1. The second-order valence-electron chi connectivity index (χ2n) is 6.89. The predicted molar refractivity (Wildman–Crippen MR) is 96.7 cm³/mol. The van der Waals surface area contributed by atoms with Crippen LogP contribution in [0, 0.1) is 13.8 Å². The Morgan fingerprint density at radius 3 is 3.00 bits per heavy atom. The van der Waals surface area contributed by atoms with Crippen LogP contribution in [-0.4, -0.2) is 53.5 Å². The summed E-state index contributed by atoms with van der Waals surface area (Å²) < 4.78 is 11.5. The molecule has 5 nitrogen and oxygen atoms in total. The summed E-state index contributed by atoms with van der Waals surface area (Å²) in [5, 5.41) is 11.0. The van der Waals surface area contributed by atoms with E-state index in [1.807, 2.05) is 49.6 Å². The first-order chi connectivity index (χ1) is 12.0. The van der Waals surface area contributed by atoms with Crippen LogP contribution in [0.2, 0.25) is 0 Å². The van der Waals surface area contributed by atoms with Crippen LogP contribution >= 0.6 is 0 Å². The number of β-amino-alcohol motifs (C(OH)–C–C–N with tert-alkyl or cyclic N) is 1. The minimum absolute atomic E-state index is 0.211. The molecular formula is C20H26N2O3. The van der Waals surface area contributed by atoms with Gasteiger partial charge in [-0.25, -0.2) is 0 Å². The number of ether oxygens (including phenoxy) is 2. The first kappa shape index (κ1) is 17.9. The fourth-order valence-corrected chi connectivity index (χ4v) is 3.06. The lowest BCUT2D eigenvalue weighted by atomic mass is 10.1. The fourth-order valence-electron chi connectivity index (χ4n) is 3.06. The molecular weight excluding hydrogens is 316 g/mol.